The number of likely N-dealkylation sites (tertiary alicyclic amines) is 1. The fourth-order valence-corrected chi connectivity index (χ4v) is 4.03. The number of benzene rings is 1. The molecule has 1 saturated heterocycles. The van der Waals surface area contributed by atoms with Gasteiger partial charge in [-0.05, 0) is 43.2 Å². The average Bonchev–Trinajstić information content (AvgIpc) is 3.38. The maximum Gasteiger partial charge on any atom is 0.255 e. The van der Waals surface area contributed by atoms with Crippen molar-refractivity contribution < 1.29 is 9.59 Å². The minimum Gasteiger partial charge on any atom is -0.364 e. The van der Waals surface area contributed by atoms with Gasteiger partial charge < -0.3 is 15.1 Å². The van der Waals surface area contributed by atoms with E-state index in [0.29, 0.717) is 24.5 Å². The van der Waals surface area contributed by atoms with Gasteiger partial charge in [0.2, 0.25) is 5.91 Å². The minimum atomic E-state index is -0.0476. The predicted molar refractivity (Wildman–Crippen MR) is 120 cm³/mol. The molecule has 0 saturated carbocycles. The Morgan fingerprint density at radius 2 is 2.06 bits per heavy atom. The molecular weight excluding hydrogens is 392 g/mol. The van der Waals surface area contributed by atoms with Gasteiger partial charge in [0.1, 0.15) is 5.82 Å². The van der Waals surface area contributed by atoms with Crippen LogP contribution in [0.4, 0.5) is 5.82 Å². The monoisotopic (exact) mass is 420 g/mol. The van der Waals surface area contributed by atoms with Crippen LogP contribution in [-0.2, 0) is 11.8 Å². The molecule has 162 valence electrons. The molecule has 31 heavy (non-hydrogen) atoms. The second-order valence-electron chi connectivity index (χ2n) is 8.24. The molecule has 1 N–H and O–H groups in total. The molecule has 0 bridgehead atoms. The molecule has 3 aromatic rings. The van der Waals surface area contributed by atoms with Crippen LogP contribution in [0.3, 0.4) is 0 Å². The van der Waals surface area contributed by atoms with E-state index >= 15 is 0 Å². The van der Waals surface area contributed by atoms with Crippen LogP contribution in [0.5, 0.6) is 0 Å². The molecule has 0 radical (unpaired) electrons. The smallest absolute Gasteiger partial charge is 0.255 e. The van der Waals surface area contributed by atoms with Crippen molar-refractivity contribution in [2.24, 2.45) is 7.05 Å². The Bertz CT molecular complexity index is 1110. The number of anilines is 1. The van der Waals surface area contributed by atoms with Gasteiger partial charge in [-0.3, -0.25) is 14.3 Å². The lowest BCUT2D eigenvalue weighted by Crippen LogP contribution is -2.38. The standard InChI is InChI=1S/C23H28N6O2/c1-15(17-5-7-21-19(11-17)13-27(3)26-21)25-22-8-6-18(12-24-22)23(31)29-10-9-20(14-29)28(4)16(2)30/h5-8,11-13,15,20H,9-10,14H2,1-4H3,(H,24,25)/t15-,20?/m0/s1. The highest BCUT2D eigenvalue weighted by Gasteiger charge is 2.30. The van der Waals surface area contributed by atoms with Gasteiger partial charge in [-0.2, -0.15) is 5.10 Å². The fourth-order valence-electron chi connectivity index (χ4n) is 4.03. The number of nitrogens with zero attached hydrogens (tertiary/aromatic N) is 5. The first-order valence-electron chi connectivity index (χ1n) is 10.5. The van der Waals surface area contributed by atoms with Crippen molar-refractivity contribution in [3.63, 3.8) is 0 Å². The second kappa shape index (κ2) is 8.37. The number of aryl methyl sites for hydroxylation is 1. The summed E-state index contributed by atoms with van der Waals surface area (Å²) in [5.41, 5.74) is 2.67. The van der Waals surface area contributed by atoms with Crippen molar-refractivity contribution in [2.45, 2.75) is 32.4 Å². The van der Waals surface area contributed by atoms with Crippen molar-refractivity contribution in [1.29, 1.82) is 0 Å². The molecule has 1 aliphatic rings. The third-order valence-electron chi connectivity index (χ3n) is 6.01. The molecule has 1 unspecified atom stereocenters. The first-order valence-corrected chi connectivity index (χ1v) is 10.5. The molecule has 2 amide bonds. The summed E-state index contributed by atoms with van der Waals surface area (Å²) in [5, 5.41) is 8.90. The summed E-state index contributed by atoms with van der Waals surface area (Å²) in [6.45, 7) is 4.84. The second-order valence-corrected chi connectivity index (χ2v) is 8.24. The van der Waals surface area contributed by atoms with E-state index < -0.39 is 0 Å². The lowest BCUT2D eigenvalue weighted by Gasteiger charge is -2.23. The first kappa shape index (κ1) is 20.8. The highest BCUT2D eigenvalue weighted by atomic mass is 16.2. The molecule has 4 rings (SSSR count). The Hall–Kier alpha value is -3.42. The zero-order valence-corrected chi connectivity index (χ0v) is 18.4. The zero-order valence-electron chi connectivity index (χ0n) is 18.4. The Balaban J connectivity index is 1.39. The molecule has 3 heterocycles. The van der Waals surface area contributed by atoms with Crippen LogP contribution in [0.15, 0.2) is 42.7 Å². The number of hydrogen-bond acceptors (Lipinski definition) is 5. The number of nitrogens with one attached hydrogen (secondary N) is 1. The quantitative estimate of drug-likeness (QED) is 0.686. The Morgan fingerprint density at radius 1 is 1.26 bits per heavy atom. The maximum atomic E-state index is 12.8. The zero-order chi connectivity index (χ0) is 22.1. The summed E-state index contributed by atoms with van der Waals surface area (Å²) < 4.78 is 1.81. The van der Waals surface area contributed by atoms with Crippen LogP contribution in [0.25, 0.3) is 10.9 Å². The van der Waals surface area contributed by atoms with E-state index in [-0.39, 0.29) is 23.9 Å². The van der Waals surface area contributed by atoms with Gasteiger partial charge in [-0.25, -0.2) is 4.98 Å². The van der Waals surface area contributed by atoms with Gasteiger partial charge in [0.15, 0.2) is 0 Å². The van der Waals surface area contributed by atoms with Gasteiger partial charge in [0, 0.05) is 57.9 Å². The molecular formula is C23H28N6O2. The number of fused-ring (bicyclic) bond motifs is 1. The van der Waals surface area contributed by atoms with Crippen molar-refractivity contribution in [1.82, 2.24) is 24.6 Å². The van der Waals surface area contributed by atoms with E-state index in [1.807, 2.05) is 30.1 Å². The van der Waals surface area contributed by atoms with Crippen LogP contribution >= 0.6 is 0 Å². The topological polar surface area (TPSA) is 83.4 Å². The molecule has 0 aliphatic carbocycles. The lowest BCUT2D eigenvalue weighted by molar-refractivity contribution is -0.129. The summed E-state index contributed by atoms with van der Waals surface area (Å²) in [6.07, 6.45) is 4.42. The largest absolute Gasteiger partial charge is 0.364 e. The van der Waals surface area contributed by atoms with Crippen molar-refractivity contribution in [3.05, 3.63) is 53.9 Å². The molecule has 2 atom stereocenters. The van der Waals surface area contributed by atoms with Gasteiger partial charge in [-0.15, -0.1) is 0 Å². The average molecular weight is 421 g/mol. The van der Waals surface area contributed by atoms with Crippen LogP contribution in [0.1, 0.15) is 42.2 Å². The molecule has 1 aliphatic heterocycles. The minimum absolute atomic E-state index is 0.0215. The van der Waals surface area contributed by atoms with Crippen molar-refractivity contribution in [3.8, 4) is 0 Å². The maximum absolute atomic E-state index is 12.8. The number of aromatic nitrogens is 3. The highest BCUT2D eigenvalue weighted by Crippen LogP contribution is 2.23. The number of pyridine rings is 1. The summed E-state index contributed by atoms with van der Waals surface area (Å²) >= 11 is 0. The molecule has 1 aromatic carbocycles. The van der Waals surface area contributed by atoms with E-state index in [1.54, 1.807) is 36.0 Å². The number of rotatable bonds is 5. The van der Waals surface area contributed by atoms with Crippen LogP contribution in [0, 0.1) is 0 Å². The third-order valence-corrected chi connectivity index (χ3v) is 6.01. The van der Waals surface area contributed by atoms with Crippen molar-refractivity contribution >= 4 is 28.5 Å². The normalized spacial score (nSPS) is 17.0. The number of amides is 2. The van der Waals surface area contributed by atoms with E-state index in [9.17, 15) is 9.59 Å². The first-order chi connectivity index (χ1) is 14.8. The summed E-state index contributed by atoms with van der Waals surface area (Å²) in [4.78, 5) is 32.3. The van der Waals surface area contributed by atoms with E-state index in [4.69, 9.17) is 0 Å². The van der Waals surface area contributed by atoms with Crippen LogP contribution < -0.4 is 5.32 Å². The lowest BCUT2D eigenvalue weighted by atomic mass is 10.1. The van der Waals surface area contributed by atoms with Crippen LogP contribution in [0.2, 0.25) is 0 Å². The SMILES string of the molecule is CC(=O)N(C)C1CCN(C(=O)c2ccc(N[C@@H](C)c3ccc4nn(C)cc4c3)nc2)C1. The summed E-state index contributed by atoms with van der Waals surface area (Å²) in [5.74, 6) is 0.688. The molecule has 8 nitrogen and oxygen atoms in total. The van der Waals surface area contributed by atoms with E-state index in [0.717, 1.165) is 22.9 Å². The van der Waals surface area contributed by atoms with Crippen molar-refractivity contribution in [2.75, 3.05) is 25.5 Å². The van der Waals surface area contributed by atoms with E-state index in [2.05, 4.69) is 34.5 Å². The van der Waals surface area contributed by atoms with E-state index in [1.165, 1.54) is 0 Å². The molecule has 8 heteroatoms. The van der Waals surface area contributed by atoms with Gasteiger partial charge in [-0.1, -0.05) is 6.07 Å². The van der Waals surface area contributed by atoms with Gasteiger partial charge in [0.25, 0.3) is 5.91 Å². The van der Waals surface area contributed by atoms with Gasteiger partial charge in [0.05, 0.1) is 17.1 Å². The third kappa shape index (κ3) is 4.38. The Labute approximate surface area is 181 Å². The predicted octanol–water partition coefficient (Wildman–Crippen LogP) is 2.83. The molecule has 0 spiro atoms. The summed E-state index contributed by atoms with van der Waals surface area (Å²) in [7, 11) is 3.70. The molecule has 2 aromatic heterocycles. The highest BCUT2D eigenvalue weighted by molar-refractivity contribution is 5.94. The summed E-state index contributed by atoms with van der Waals surface area (Å²) in [6, 6.07) is 9.98. The number of hydrogen-bond donors (Lipinski definition) is 1. The number of carbonyl (C=O) groups is 2. The fraction of sp³-hybridized carbons (Fsp3) is 0.391. The molecule has 1 fully saturated rings. The number of likely N-dealkylation sites (N-methyl/N-ethyl adjacent to an activating group) is 1. The Morgan fingerprint density at radius 3 is 2.77 bits per heavy atom. The number of carbonyl (C=O) groups excluding carboxylic acids is 2. The van der Waals surface area contributed by atoms with Gasteiger partial charge >= 0.3 is 0 Å². The van der Waals surface area contributed by atoms with Crippen LogP contribution in [-0.4, -0.2) is 62.6 Å². The Kier molecular flexibility index (Phi) is 5.63.